The third-order valence-electron chi connectivity index (χ3n) is 2.63. The van der Waals surface area contributed by atoms with Gasteiger partial charge in [-0.2, -0.15) is 0 Å². The molecular weight excluding hydrogens is 287 g/mol. The number of ether oxygens (including phenoxy) is 1. The van der Waals surface area contributed by atoms with Gasteiger partial charge < -0.3 is 15.6 Å². The van der Waals surface area contributed by atoms with E-state index in [-0.39, 0.29) is 22.4 Å². The fourth-order valence-corrected chi connectivity index (χ4v) is 1.83. The summed E-state index contributed by atoms with van der Waals surface area (Å²) >= 11 is 0. The standard InChI is InChI=1S/C14H10F3NO3/c15-14(16,17)21-12-4-2-1-3-11(12)8-5-9(13(18)20)7-10(19)6-8/h1-7,19H,(H2,18,20). The number of amides is 1. The van der Waals surface area contributed by atoms with E-state index in [2.05, 4.69) is 4.74 Å². The van der Waals surface area contributed by atoms with Crippen LogP contribution in [-0.4, -0.2) is 17.4 Å². The van der Waals surface area contributed by atoms with Crippen LogP contribution in [0.4, 0.5) is 13.2 Å². The first-order chi connectivity index (χ1) is 9.76. The molecule has 0 heterocycles. The molecule has 0 aromatic heterocycles. The van der Waals surface area contributed by atoms with E-state index in [1.165, 1.54) is 30.3 Å². The molecule has 0 atom stereocenters. The van der Waals surface area contributed by atoms with Crippen LogP contribution in [0, 0.1) is 0 Å². The third-order valence-corrected chi connectivity index (χ3v) is 2.63. The van der Waals surface area contributed by atoms with Crippen LogP contribution in [0.25, 0.3) is 11.1 Å². The van der Waals surface area contributed by atoms with E-state index < -0.39 is 18.0 Å². The molecular formula is C14H10F3NO3. The topological polar surface area (TPSA) is 72.6 Å². The number of hydrogen-bond donors (Lipinski definition) is 2. The molecule has 0 aliphatic carbocycles. The molecule has 0 spiro atoms. The second kappa shape index (κ2) is 5.35. The number of para-hydroxylation sites is 1. The molecule has 0 saturated heterocycles. The SMILES string of the molecule is NC(=O)c1cc(O)cc(-c2ccccc2OC(F)(F)F)c1. The van der Waals surface area contributed by atoms with Crippen molar-refractivity contribution in [2.45, 2.75) is 6.36 Å². The lowest BCUT2D eigenvalue weighted by atomic mass is 10.0. The van der Waals surface area contributed by atoms with Gasteiger partial charge in [0.1, 0.15) is 11.5 Å². The summed E-state index contributed by atoms with van der Waals surface area (Å²) < 4.78 is 41.1. The van der Waals surface area contributed by atoms with Gasteiger partial charge in [-0.25, -0.2) is 0 Å². The molecule has 0 radical (unpaired) electrons. The highest BCUT2D eigenvalue weighted by molar-refractivity contribution is 5.95. The van der Waals surface area contributed by atoms with Crippen molar-refractivity contribution >= 4 is 5.91 Å². The molecule has 2 aromatic rings. The number of primary amides is 1. The summed E-state index contributed by atoms with van der Waals surface area (Å²) in [5, 5.41) is 9.56. The highest BCUT2D eigenvalue weighted by atomic mass is 19.4. The van der Waals surface area contributed by atoms with Crippen molar-refractivity contribution in [3.8, 4) is 22.6 Å². The Balaban J connectivity index is 2.54. The molecule has 3 N–H and O–H groups in total. The Kier molecular flexibility index (Phi) is 3.75. The molecule has 0 aliphatic heterocycles. The van der Waals surface area contributed by atoms with Crippen LogP contribution in [0.15, 0.2) is 42.5 Å². The van der Waals surface area contributed by atoms with Gasteiger partial charge in [0.15, 0.2) is 0 Å². The predicted molar refractivity (Wildman–Crippen MR) is 68.7 cm³/mol. The van der Waals surface area contributed by atoms with Gasteiger partial charge in [-0.3, -0.25) is 4.79 Å². The zero-order valence-electron chi connectivity index (χ0n) is 10.5. The summed E-state index contributed by atoms with van der Waals surface area (Å²) in [7, 11) is 0. The first-order valence-corrected chi connectivity index (χ1v) is 5.75. The van der Waals surface area contributed by atoms with E-state index in [0.29, 0.717) is 0 Å². The number of nitrogens with two attached hydrogens (primary N) is 1. The van der Waals surface area contributed by atoms with Crippen molar-refractivity contribution in [1.82, 2.24) is 0 Å². The third kappa shape index (κ3) is 3.65. The molecule has 1 amide bonds. The maximum Gasteiger partial charge on any atom is 0.573 e. The lowest BCUT2D eigenvalue weighted by Crippen LogP contribution is -2.17. The maximum absolute atomic E-state index is 12.4. The summed E-state index contributed by atoms with van der Waals surface area (Å²) in [5.74, 6) is -1.53. The Morgan fingerprint density at radius 1 is 1.14 bits per heavy atom. The second-order valence-electron chi connectivity index (χ2n) is 4.18. The Labute approximate surface area is 117 Å². The molecule has 7 heteroatoms. The monoisotopic (exact) mass is 297 g/mol. The first kappa shape index (κ1) is 14.7. The van der Waals surface area contributed by atoms with Gasteiger partial charge in [0, 0.05) is 11.1 Å². The minimum atomic E-state index is -4.85. The minimum absolute atomic E-state index is 0.0215. The van der Waals surface area contributed by atoms with E-state index >= 15 is 0 Å². The first-order valence-electron chi connectivity index (χ1n) is 5.75. The van der Waals surface area contributed by atoms with E-state index in [1.54, 1.807) is 0 Å². The number of alkyl halides is 3. The second-order valence-corrected chi connectivity index (χ2v) is 4.18. The molecule has 0 unspecified atom stereocenters. The molecule has 110 valence electrons. The van der Waals surface area contributed by atoms with Gasteiger partial charge in [0.05, 0.1) is 0 Å². The highest BCUT2D eigenvalue weighted by Gasteiger charge is 2.32. The smallest absolute Gasteiger partial charge is 0.508 e. The van der Waals surface area contributed by atoms with Crippen LogP contribution in [-0.2, 0) is 0 Å². The van der Waals surface area contributed by atoms with Crippen molar-refractivity contribution in [3.05, 3.63) is 48.0 Å². The molecule has 0 bridgehead atoms. The average Bonchev–Trinajstić information content (AvgIpc) is 2.36. The number of benzene rings is 2. The van der Waals surface area contributed by atoms with Crippen molar-refractivity contribution in [2.24, 2.45) is 5.73 Å². The molecule has 0 saturated carbocycles. The molecule has 4 nitrogen and oxygen atoms in total. The van der Waals surface area contributed by atoms with E-state index in [4.69, 9.17) is 5.73 Å². The normalized spacial score (nSPS) is 11.2. The number of phenolic OH excluding ortho intramolecular Hbond substituents is 1. The summed E-state index contributed by atoms with van der Waals surface area (Å²) in [6.45, 7) is 0. The maximum atomic E-state index is 12.4. The number of rotatable bonds is 3. The lowest BCUT2D eigenvalue weighted by Gasteiger charge is -2.13. The number of carbonyl (C=O) groups is 1. The quantitative estimate of drug-likeness (QED) is 0.914. The molecule has 2 aromatic carbocycles. The Morgan fingerprint density at radius 2 is 1.81 bits per heavy atom. The summed E-state index contributed by atoms with van der Waals surface area (Å²) in [4.78, 5) is 11.2. The van der Waals surface area contributed by atoms with Gasteiger partial charge in [-0.15, -0.1) is 13.2 Å². The van der Waals surface area contributed by atoms with Crippen molar-refractivity contribution < 1.29 is 27.8 Å². The summed E-state index contributed by atoms with van der Waals surface area (Å²) in [6.07, 6.45) is -4.85. The van der Waals surface area contributed by atoms with E-state index in [9.17, 15) is 23.1 Å². The average molecular weight is 297 g/mol. The number of halogens is 3. The molecule has 21 heavy (non-hydrogen) atoms. The fourth-order valence-electron chi connectivity index (χ4n) is 1.83. The van der Waals surface area contributed by atoms with Crippen LogP contribution in [0.2, 0.25) is 0 Å². The highest BCUT2D eigenvalue weighted by Crippen LogP contribution is 2.35. The zero-order chi connectivity index (χ0) is 15.6. The van der Waals surface area contributed by atoms with Crippen LogP contribution < -0.4 is 10.5 Å². The number of carbonyl (C=O) groups excluding carboxylic acids is 1. The number of hydrogen-bond acceptors (Lipinski definition) is 3. The molecule has 0 fully saturated rings. The van der Waals surface area contributed by atoms with Crippen molar-refractivity contribution in [1.29, 1.82) is 0 Å². The zero-order valence-corrected chi connectivity index (χ0v) is 10.5. The Hall–Kier alpha value is -2.70. The number of aromatic hydroxyl groups is 1. The largest absolute Gasteiger partial charge is 0.573 e. The predicted octanol–water partition coefficient (Wildman–Crippen LogP) is 3.06. The Morgan fingerprint density at radius 3 is 2.43 bits per heavy atom. The van der Waals surface area contributed by atoms with Crippen molar-refractivity contribution in [3.63, 3.8) is 0 Å². The summed E-state index contributed by atoms with van der Waals surface area (Å²) in [5.41, 5.74) is 5.35. The van der Waals surface area contributed by atoms with E-state index in [0.717, 1.165) is 12.1 Å². The van der Waals surface area contributed by atoms with Crippen LogP contribution in [0.3, 0.4) is 0 Å². The van der Waals surface area contributed by atoms with Crippen LogP contribution >= 0.6 is 0 Å². The number of phenols is 1. The van der Waals surface area contributed by atoms with Crippen molar-refractivity contribution in [2.75, 3.05) is 0 Å². The summed E-state index contributed by atoms with van der Waals surface area (Å²) in [6, 6.07) is 9.01. The van der Waals surface area contributed by atoms with Gasteiger partial charge in [0.25, 0.3) is 0 Å². The minimum Gasteiger partial charge on any atom is -0.508 e. The van der Waals surface area contributed by atoms with Gasteiger partial charge in [-0.1, -0.05) is 18.2 Å². The molecule has 2 rings (SSSR count). The Bertz CT molecular complexity index is 683. The molecule has 0 aliphatic rings. The lowest BCUT2D eigenvalue weighted by molar-refractivity contribution is -0.274. The van der Waals surface area contributed by atoms with Gasteiger partial charge >= 0.3 is 6.36 Å². The fraction of sp³-hybridized carbons (Fsp3) is 0.0714. The van der Waals surface area contributed by atoms with Gasteiger partial charge in [0.2, 0.25) is 5.91 Å². The van der Waals surface area contributed by atoms with Crippen LogP contribution in [0.1, 0.15) is 10.4 Å². The van der Waals surface area contributed by atoms with Crippen LogP contribution in [0.5, 0.6) is 11.5 Å². The van der Waals surface area contributed by atoms with E-state index in [1.807, 2.05) is 0 Å². The van der Waals surface area contributed by atoms with Gasteiger partial charge in [-0.05, 0) is 29.8 Å².